The van der Waals surface area contributed by atoms with Crippen molar-refractivity contribution < 1.29 is 14.6 Å². The standard InChI is InChI=1S/C9H20O3/c1-4-9(10)8(3)12-7-6-11-5-2/h8-10H,4-7H2,1-3H3. The molecule has 0 aromatic heterocycles. The van der Waals surface area contributed by atoms with Crippen LogP contribution in [0.5, 0.6) is 0 Å². The summed E-state index contributed by atoms with van der Waals surface area (Å²) in [6, 6.07) is 0. The highest BCUT2D eigenvalue weighted by molar-refractivity contribution is 4.60. The SMILES string of the molecule is CCOCCOC(C)C(O)CC. The van der Waals surface area contributed by atoms with E-state index in [4.69, 9.17) is 9.47 Å². The third-order valence-electron chi connectivity index (χ3n) is 1.77. The Labute approximate surface area is 74.7 Å². The van der Waals surface area contributed by atoms with Gasteiger partial charge in [-0.05, 0) is 20.3 Å². The molecule has 0 saturated carbocycles. The van der Waals surface area contributed by atoms with E-state index >= 15 is 0 Å². The normalized spacial score (nSPS) is 16.0. The minimum absolute atomic E-state index is 0.0875. The van der Waals surface area contributed by atoms with Gasteiger partial charge in [0.25, 0.3) is 0 Å². The van der Waals surface area contributed by atoms with Gasteiger partial charge in [0.2, 0.25) is 0 Å². The molecule has 0 saturated heterocycles. The number of aliphatic hydroxyl groups excluding tert-OH is 1. The zero-order valence-electron chi connectivity index (χ0n) is 8.25. The summed E-state index contributed by atoms with van der Waals surface area (Å²) in [5.74, 6) is 0. The van der Waals surface area contributed by atoms with E-state index in [1.54, 1.807) is 0 Å². The largest absolute Gasteiger partial charge is 0.390 e. The second-order valence-corrected chi connectivity index (χ2v) is 2.75. The summed E-state index contributed by atoms with van der Waals surface area (Å²) in [6.45, 7) is 7.65. The van der Waals surface area contributed by atoms with Crippen LogP contribution in [0.3, 0.4) is 0 Å². The number of aliphatic hydroxyl groups is 1. The average Bonchev–Trinajstić information content (AvgIpc) is 2.10. The zero-order valence-corrected chi connectivity index (χ0v) is 8.25. The summed E-state index contributed by atoms with van der Waals surface area (Å²) >= 11 is 0. The Hall–Kier alpha value is -0.120. The Bertz CT molecular complexity index is 95.8. The lowest BCUT2D eigenvalue weighted by Crippen LogP contribution is -2.26. The number of hydrogen-bond donors (Lipinski definition) is 1. The maximum atomic E-state index is 9.32. The van der Waals surface area contributed by atoms with E-state index in [0.29, 0.717) is 19.8 Å². The van der Waals surface area contributed by atoms with Gasteiger partial charge in [-0.2, -0.15) is 0 Å². The van der Waals surface area contributed by atoms with E-state index in [9.17, 15) is 5.11 Å². The van der Waals surface area contributed by atoms with Crippen molar-refractivity contribution in [2.75, 3.05) is 19.8 Å². The lowest BCUT2D eigenvalue weighted by molar-refractivity contribution is -0.0466. The molecule has 0 aromatic rings. The molecule has 0 aliphatic carbocycles. The summed E-state index contributed by atoms with van der Waals surface area (Å²) in [5, 5.41) is 9.32. The van der Waals surface area contributed by atoms with Crippen molar-refractivity contribution in [2.45, 2.75) is 39.4 Å². The van der Waals surface area contributed by atoms with Gasteiger partial charge < -0.3 is 14.6 Å². The highest BCUT2D eigenvalue weighted by Crippen LogP contribution is 2.01. The Morgan fingerprint density at radius 1 is 1.25 bits per heavy atom. The fourth-order valence-electron chi connectivity index (χ4n) is 0.880. The molecule has 0 amide bonds. The molecule has 2 atom stereocenters. The molecule has 12 heavy (non-hydrogen) atoms. The van der Waals surface area contributed by atoms with Crippen LogP contribution in [0.4, 0.5) is 0 Å². The monoisotopic (exact) mass is 176 g/mol. The molecule has 0 spiro atoms. The molecule has 74 valence electrons. The van der Waals surface area contributed by atoms with Crippen LogP contribution in [0.25, 0.3) is 0 Å². The first-order valence-corrected chi connectivity index (χ1v) is 4.59. The van der Waals surface area contributed by atoms with Crippen LogP contribution in [-0.2, 0) is 9.47 Å². The predicted octanol–water partition coefficient (Wildman–Crippen LogP) is 1.20. The summed E-state index contributed by atoms with van der Waals surface area (Å²) in [4.78, 5) is 0. The second kappa shape index (κ2) is 7.53. The lowest BCUT2D eigenvalue weighted by atomic mass is 10.2. The van der Waals surface area contributed by atoms with E-state index in [2.05, 4.69) is 0 Å². The first kappa shape index (κ1) is 11.9. The molecule has 0 fully saturated rings. The van der Waals surface area contributed by atoms with E-state index in [1.807, 2.05) is 20.8 Å². The first-order valence-electron chi connectivity index (χ1n) is 4.59. The van der Waals surface area contributed by atoms with E-state index in [0.717, 1.165) is 6.42 Å². The third-order valence-corrected chi connectivity index (χ3v) is 1.77. The Kier molecular flexibility index (Phi) is 7.45. The number of hydrogen-bond acceptors (Lipinski definition) is 3. The van der Waals surface area contributed by atoms with E-state index < -0.39 is 0 Å². The molecule has 0 rings (SSSR count). The lowest BCUT2D eigenvalue weighted by Gasteiger charge is -2.17. The van der Waals surface area contributed by atoms with Crippen molar-refractivity contribution in [1.29, 1.82) is 0 Å². The molecular weight excluding hydrogens is 156 g/mol. The molecule has 2 unspecified atom stereocenters. The Morgan fingerprint density at radius 2 is 1.92 bits per heavy atom. The van der Waals surface area contributed by atoms with Crippen LogP contribution in [0.2, 0.25) is 0 Å². The third kappa shape index (κ3) is 5.52. The fourth-order valence-corrected chi connectivity index (χ4v) is 0.880. The molecule has 0 aliphatic heterocycles. The minimum atomic E-state index is -0.355. The molecule has 1 N–H and O–H groups in total. The quantitative estimate of drug-likeness (QED) is 0.592. The van der Waals surface area contributed by atoms with Crippen LogP contribution in [0.15, 0.2) is 0 Å². The topological polar surface area (TPSA) is 38.7 Å². The van der Waals surface area contributed by atoms with Crippen molar-refractivity contribution in [3.63, 3.8) is 0 Å². The maximum Gasteiger partial charge on any atom is 0.0806 e. The van der Waals surface area contributed by atoms with Gasteiger partial charge in [0, 0.05) is 6.61 Å². The highest BCUT2D eigenvalue weighted by atomic mass is 16.5. The minimum Gasteiger partial charge on any atom is -0.390 e. The van der Waals surface area contributed by atoms with Gasteiger partial charge in [-0.15, -0.1) is 0 Å². The van der Waals surface area contributed by atoms with Gasteiger partial charge in [-0.3, -0.25) is 0 Å². The fraction of sp³-hybridized carbons (Fsp3) is 1.00. The molecule has 0 aromatic carbocycles. The molecule has 3 nitrogen and oxygen atoms in total. The molecule has 0 radical (unpaired) electrons. The van der Waals surface area contributed by atoms with Crippen LogP contribution in [0, 0.1) is 0 Å². The predicted molar refractivity (Wildman–Crippen MR) is 48.2 cm³/mol. The van der Waals surface area contributed by atoms with Gasteiger partial charge in [-0.25, -0.2) is 0 Å². The van der Waals surface area contributed by atoms with Gasteiger partial charge in [-0.1, -0.05) is 6.92 Å². The zero-order chi connectivity index (χ0) is 9.40. The van der Waals surface area contributed by atoms with Crippen molar-refractivity contribution in [3.8, 4) is 0 Å². The highest BCUT2D eigenvalue weighted by Gasteiger charge is 2.11. The van der Waals surface area contributed by atoms with Gasteiger partial charge in [0.05, 0.1) is 25.4 Å². The number of rotatable bonds is 7. The average molecular weight is 176 g/mol. The molecule has 0 aliphatic rings. The summed E-state index contributed by atoms with van der Waals surface area (Å²) < 4.78 is 10.4. The van der Waals surface area contributed by atoms with Gasteiger partial charge >= 0.3 is 0 Å². The molecular formula is C9H20O3. The van der Waals surface area contributed by atoms with Crippen LogP contribution >= 0.6 is 0 Å². The van der Waals surface area contributed by atoms with Crippen LogP contribution < -0.4 is 0 Å². The second-order valence-electron chi connectivity index (χ2n) is 2.75. The van der Waals surface area contributed by atoms with Crippen molar-refractivity contribution in [2.24, 2.45) is 0 Å². The van der Waals surface area contributed by atoms with Crippen molar-refractivity contribution >= 4 is 0 Å². The summed E-state index contributed by atoms with van der Waals surface area (Å²) in [7, 11) is 0. The van der Waals surface area contributed by atoms with Crippen LogP contribution in [-0.4, -0.2) is 37.1 Å². The van der Waals surface area contributed by atoms with E-state index in [-0.39, 0.29) is 12.2 Å². The summed E-state index contributed by atoms with van der Waals surface area (Å²) in [5.41, 5.74) is 0. The van der Waals surface area contributed by atoms with Crippen LogP contribution in [0.1, 0.15) is 27.2 Å². The molecule has 0 bridgehead atoms. The Morgan fingerprint density at radius 3 is 2.42 bits per heavy atom. The van der Waals surface area contributed by atoms with Gasteiger partial charge in [0.1, 0.15) is 0 Å². The smallest absolute Gasteiger partial charge is 0.0806 e. The Balaban J connectivity index is 3.24. The van der Waals surface area contributed by atoms with E-state index in [1.165, 1.54) is 0 Å². The van der Waals surface area contributed by atoms with Crippen molar-refractivity contribution in [1.82, 2.24) is 0 Å². The maximum absolute atomic E-state index is 9.32. The van der Waals surface area contributed by atoms with Crippen molar-refractivity contribution in [3.05, 3.63) is 0 Å². The first-order chi connectivity index (χ1) is 5.72. The summed E-state index contributed by atoms with van der Waals surface area (Å²) in [6.07, 6.45) is 0.289. The number of ether oxygens (including phenoxy) is 2. The molecule has 0 heterocycles. The van der Waals surface area contributed by atoms with Gasteiger partial charge in [0.15, 0.2) is 0 Å². The molecule has 3 heteroatoms.